The highest BCUT2D eigenvalue weighted by Gasteiger charge is 2.44. The van der Waals surface area contributed by atoms with E-state index < -0.39 is 5.92 Å². The van der Waals surface area contributed by atoms with E-state index in [1.54, 1.807) is 0 Å². The van der Waals surface area contributed by atoms with Gasteiger partial charge in [-0.25, -0.2) is 8.78 Å². The van der Waals surface area contributed by atoms with E-state index in [0.717, 1.165) is 0 Å². The number of amidine groups is 1. The lowest BCUT2D eigenvalue weighted by Gasteiger charge is -2.34. The lowest BCUT2D eigenvalue weighted by Crippen LogP contribution is -2.37. The van der Waals surface area contributed by atoms with E-state index in [2.05, 4.69) is 0 Å². The number of nitrogens with one attached hydrogen (secondary N) is 1. The van der Waals surface area contributed by atoms with Gasteiger partial charge in [0.05, 0.1) is 5.84 Å². The maximum Gasteiger partial charge on any atom is 0.248 e. The molecule has 0 heterocycles. The summed E-state index contributed by atoms with van der Waals surface area (Å²) in [5, 5.41) is 6.82. The Morgan fingerprint density at radius 3 is 2.40 bits per heavy atom. The number of alkyl halides is 2. The van der Waals surface area contributed by atoms with Crippen molar-refractivity contribution >= 4 is 5.84 Å². The van der Waals surface area contributed by atoms with Gasteiger partial charge >= 0.3 is 0 Å². The first kappa shape index (κ1) is 7.44. The molecule has 0 aromatic carbocycles. The minimum atomic E-state index is -2.47. The summed E-state index contributed by atoms with van der Waals surface area (Å²) in [6.45, 7) is 0. The summed E-state index contributed by atoms with van der Waals surface area (Å²) in [5.41, 5.74) is 5.03. The Labute approximate surface area is 57.9 Å². The summed E-state index contributed by atoms with van der Waals surface area (Å²) in [6.07, 6.45) is 0.148. The van der Waals surface area contributed by atoms with Crippen LogP contribution in [0.15, 0.2) is 0 Å². The molecule has 2 nitrogen and oxygen atoms in total. The van der Waals surface area contributed by atoms with E-state index in [1.165, 1.54) is 0 Å². The number of halogens is 2. The lowest BCUT2D eigenvalue weighted by atomic mass is 9.79. The second-order valence-electron chi connectivity index (χ2n) is 2.86. The largest absolute Gasteiger partial charge is 0.388 e. The molecule has 0 aromatic rings. The third-order valence-corrected chi connectivity index (χ3v) is 1.68. The highest BCUT2D eigenvalue weighted by atomic mass is 19.3. The average molecular weight is 148 g/mol. The third kappa shape index (κ3) is 1.65. The van der Waals surface area contributed by atoms with Crippen molar-refractivity contribution in [3.05, 3.63) is 0 Å². The lowest BCUT2D eigenvalue weighted by molar-refractivity contribution is -0.108. The van der Waals surface area contributed by atoms with Crippen LogP contribution in [-0.4, -0.2) is 11.8 Å². The molecule has 0 spiro atoms. The monoisotopic (exact) mass is 148 g/mol. The molecule has 1 fully saturated rings. The second-order valence-corrected chi connectivity index (χ2v) is 2.86. The Hall–Kier alpha value is -0.670. The molecule has 0 unspecified atom stereocenters. The van der Waals surface area contributed by atoms with E-state index in [-0.39, 0.29) is 24.6 Å². The topological polar surface area (TPSA) is 49.9 Å². The zero-order valence-electron chi connectivity index (χ0n) is 5.53. The van der Waals surface area contributed by atoms with Gasteiger partial charge in [0.2, 0.25) is 5.92 Å². The highest BCUT2D eigenvalue weighted by molar-refractivity contribution is 5.77. The van der Waals surface area contributed by atoms with Crippen LogP contribution >= 0.6 is 0 Å². The van der Waals surface area contributed by atoms with Crippen LogP contribution in [0.25, 0.3) is 0 Å². The summed E-state index contributed by atoms with van der Waals surface area (Å²) < 4.78 is 24.3. The molecule has 0 saturated heterocycles. The van der Waals surface area contributed by atoms with Crippen molar-refractivity contribution in [3.63, 3.8) is 0 Å². The molecule has 58 valence electrons. The van der Waals surface area contributed by atoms with Gasteiger partial charge in [0.25, 0.3) is 0 Å². The Balaban J connectivity index is 2.21. The highest BCUT2D eigenvalue weighted by Crippen LogP contribution is 2.43. The first-order valence-corrected chi connectivity index (χ1v) is 3.20. The molecule has 1 rings (SSSR count). The minimum Gasteiger partial charge on any atom is -0.388 e. The van der Waals surface area contributed by atoms with Gasteiger partial charge in [0.1, 0.15) is 0 Å². The Morgan fingerprint density at radius 1 is 1.60 bits per heavy atom. The molecule has 0 bridgehead atoms. The van der Waals surface area contributed by atoms with Crippen LogP contribution < -0.4 is 5.73 Å². The summed E-state index contributed by atoms with van der Waals surface area (Å²) in [4.78, 5) is 0. The smallest absolute Gasteiger partial charge is 0.248 e. The standard InChI is InChI=1S/C6H10F2N2/c7-6(8)2-4(3-6)1-5(9)10/h4H,1-3H2,(H3,9,10). The van der Waals surface area contributed by atoms with E-state index in [1.807, 2.05) is 0 Å². The molecule has 0 amide bonds. The van der Waals surface area contributed by atoms with Crippen LogP contribution in [0.3, 0.4) is 0 Å². The van der Waals surface area contributed by atoms with Crippen LogP contribution in [0.2, 0.25) is 0 Å². The molecular weight excluding hydrogens is 138 g/mol. The molecule has 3 N–H and O–H groups in total. The molecule has 10 heavy (non-hydrogen) atoms. The maximum atomic E-state index is 12.1. The van der Waals surface area contributed by atoms with E-state index in [9.17, 15) is 8.78 Å². The van der Waals surface area contributed by atoms with Gasteiger partial charge in [-0.05, 0) is 5.92 Å². The fourth-order valence-electron chi connectivity index (χ4n) is 1.24. The number of hydrogen-bond acceptors (Lipinski definition) is 1. The van der Waals surface area contributed by atoms with Crippen LogP contribution in [0, 0.1) is 11.3 Å². The molecular formula is C6H10F2N2. The quantitative estimate of drug-likeness (QED) is 0.450. The van der Waals surface area contributed by atoms with Crippen molar-refractivity contribution in [1.82, 2.24) is 0 Å². The Kier molecular flexibility index (Phi) is 1.62. The first-order chi connectivity index (χ1) is 4.49. The van der Waals surface area contributed by atoms with Crippen molar-refractivity contribution in [2.45, 2.75) is 25.2 Å². The Morgan fingerprint density at radius 2 is 2.10 bits per heavy atom. The van der Waals surface area contributed by atoms with Crippen LogP contribution in [0.1, 0.15) is 19.3 Å². The summed E-state index contributed by atoms with van der Waals surface area (Å²) in [5.74, 6) is -2.51. The zero-order valence-corrected chi connectivity index (χ0v) is 5.53. The van der Waals surface area contributed by atoms with Gasteiger partial charge in [0, 0.05) is 19.3 Å². The van der Waals surface area contributed by atoms with Crippen molar-refractivity contribution in [2.75, 3.05) is 0 Å². The fraction of sp³-hybridized carbons (Fsp3) is 0.833. The van der Waals surface area contributed by atoms with Crippen LogP contribution in [0.5, 0.6) is 0 Å². The SMILES string of the molecule is N=C(N)CC1CC(F)(F)C1. The van der Waals surface area contributed by atoms with E-state index in [0.29, 0.717) is 6.42 Å². The Bertz CT molecular complexity index is 148. The first-order valence-electron chi connectivity index (χ1n) is 3.20. The fourth-order valence-corrected chi connectivity index (χ4v) is 1.24. The maximum absolute atomic E-state index is 12.1. The predicted octanol–water partition coefficient (Wildman–Crippen LogP) is 1.36. The van der Waals surface area contributed by atoms with Crippen molar-refractivity contribution < 1.29 is 8.78 Å². The van der Waals surface area contributed by atoms with Crippen LogP contribution in [0.4, 0.5) is 8.78 Å². The molecule has 1 aliphatic rings. The summed E-state index contributed by atoms with van der Waals surface area (Å²) in [6, 6.07) is 0. The molecule has 1 saturated carbocycles. The predicted molar refractivity (Wildman–Crippen MR) is 34.2 cm³/mol. The van der Waals surface area contributed by atoms with Crippen molar-refractivity contribution in [2.24, 2.45) is 11.7 Å². The number of hydrogen-bond donors (Lipinski definition) is 2. The van der Waals surface area contributed by atoms with Gasteiger partial charge in [-0.15, -0.1) is 0 Å². The molecule has 0 aliphatic heterocycles. The minimum absolute atomic E-state index is 0.0144. The molecule has 4 heteroatoms. The number of nitrogens with two attached hydrogens (primary N) is 1. The van der Waals surface area contributed by atoms with Gasteiger partial charge in [-0.1, -0.05) is 0 Å². The van der Waals surface area contributed by atoms with E-state index >= 15 is 0 Å². The molecule has 0 radical (unpaired) electrons. The van der Waals surface area contributed by atoms with Crippen molar-refractivity contribution in [3.8, 4) is 0 Å². The normalized spacial score (nSPS) is 23.8. The van der Waals surface area contributed by atoms with Gasteiger partial charge in [-0.2, -0.15) is 0 Å². The van der Waals surface area contributed by atoms with E-state index in [4.69, 9.17) is 11.1 Å². The van der Waals surface area contributed by atoms with Crippen molar-refractivity contribution in [1.29, 1.82) is 5.41 Å². The average Bonchev–Trinajstić information content (AvgIpc) is 1.57. The van der Waals surface area contributed by atoms with Gasteiger partial charge in [-0.3, -0.25) is 5.41 Å². The second kappa shape index (κ2) is 2.18. The number of rotatable bonds is 2. The molecule has 0 aromatic heterocycles. The van der Waals surface area contributed by atoms with Gasteiger partial charge in [0.15, 0.2) is 0 Å². The zero-order chi connectivity index (χ0) is 7.78. The van der Waals surface area contributed by atoms with Crippen LogP contribution in [-0.2, 0) is 0 Å². The molecule has 1 aliphatic carbocycles. The molecule has 0 atom stereocenters. The summed E-state index contributed by atoms with van der Waals surface area (Å²) in [7, 11) is 0. The third-order valence-electron chi connectivity index (χ3n) is 1.68. The summed E-state index contributed by atoms with van der Waals surface area (Å²) >= 11 is 0. The van der Waals surface area contributed by atoms with Gasteiger partial charge < -0.3 is 5.73 Å².